The molecule has 3 heterocycles. The van der Waals surface area contributed by atoms with Gasteiger partial charge in [0.15, 0.2) is 5.82 Å². The number of rotatable bonds is 19. The Hall–Kier alpha value is -3.94. The third-order valence-electron chi connectivity index (χ3n) is 13.2. The van der Waals surface area contributed by atoms with E-state index in [0.717, 1.165) is 37.7 Å². The second kappa shape index (κ2) is 20.2. The second-order valence-electron chi connectivity index (χ2n) is 17.0. The van der Waals surface area contributed by atoms with E-state index in [0.29, 0.717) is 37.2 Å². The lowest BCUT2D eigenvalue weighted by Gasteiger charge is -2.41. The van der Waals surface area contributed by atoms with Crippen molar-refractivity contribution in [3.63, 3.8) is 0 Å². The molecule has 1 aromatic heterocycles. The number of likely N-dealkylation sites (N-methyl/N-ethyl adjacent to an activating group) is 2. The first-order valence-electron chi connectivity index (χ1n) is 21.1. The number of aromatic nitrogens is 2. The largest absolute Gasteiger partial charge is 0.379 e. The number of piperidine rings is 1. The summed E-state index contributed by atoms with van der Waals surface area (Å²) in [5, 5.41) is 6.33. The number of hydrogen-bond donors (Lipinski definition) is 2. The van der Waals surface area contributed by atoms with Crippen LogP contribution >= 0.6 is 0 Å². The van der Waals surface area contributed by atoms with Crippen molar-refractivity contribution < 1.29 is 28.7 Å². The molecule has 1 aromatic carbocycles. The van der Waals surface area contributed by atoms with Crippen LogP contribution in [0.2, 0.25) is 0 Å². The lowest BCUT2D eigenvalue weighted by atomic mass is 9.89. The molecule has 57 heavy (non-hydrogen) atoms. The van der Waals surface area contributed by atoms with E-state index in [-0.39, 0.29) is 54.0 Å². The van der Waals surface area contributed by atoms with Crippen molar-refractivity contribution in [3.05, 3.63) is 60.2 Å². The summed E-state index contributed by atoms with van der Waals surface area (Å²) in [6.07, 6.45) is 8.16. The van der Waals surface area contributed by atoms with Gasteiger partial charge in [0.25, 0.3) is 0 Å². The number of carbonyl (C=O) groups is 4. The first kappa shape index (κ1) is 44.2. The van der Waals surface area contributed by atoms with Crippen molar-refractivity contribution in [1.82, 2.24) is 35.3 Å². The number of hydrogen-bond acceptors (Lipinski definition) is 9. The Bertz CT molecular complexity index is 1630. The fourth-order valence-electron chi connectivity index (χ4n) is 9.74. The van der Waals surface area contributed by atoms with Crippen LogP contribution in [0.15, 0.2) is 48.8 Å². The van der Waals surface area contributed by atoms with Crippen molar-refractivity contribution in [2.45, 2.75) is 134 Å². The van der Waals surface area contributed by atoms with Gasteiger partial charge in [-0.2, -0.15) is 0 Å². The van der Waals surface area contributed by atoms with Crippen LogP contribution in [0.4, 0.5) is 0 Å². The van der Waals surface area contributed by atoms with E-state index >= 15 is 0 Å². The summed E-state index contributed by atoms with van der Waals surface area (Å²) < 4.78 is 12.1. The minimum absolute atomic E-state index is 0.000781. The van der Waals surface area contributed by atoms with Crippen LogP contribution in [0.5, 0.6) is 0 Å². The van der Waals surface area contributed by atoms with E-state index in [1.807, 2.05) is 63.1 Å². The summed E-state index contributed by atoms with van der Waals surface area (Å²) in [4.78, 5) is 71.0. The molecule has 11 atom stereocenters. The maximum Gasteiger partial charge on any atom is 0.245 e. The van der Waals surface area contributed by atoms with Gasteiger partial charge >= 0.3 is 0 Å². The molecule has 2 bridgehead atoms. The van der Waals surface area contributed by atoms with Gasteiger partial charge in [0.1, 0.15) is 6.04 Å². The normalized spacial score (nSPS) is 24.4. The number of methoxy groups -OCH3 is 2. The van der Waals surface area contributed by atoms with Crippen molar-refractivity contribution in [2.24, 2.45) is 23.7 Å². The third-order valence-corrected chi connectivity index (χ3v) is 13.2. The fourth-order valence-corrected chi connectivity index (χ4v) is 9.74. The van der Waals surface area contributed by atoms with Gasteiger partial charge in [-0.1, -0.05) is 71.4 Å². The number of likely N-dealkylation sites (tertiary alicyclic amines) is 2. The zero-order chi connectivity index (χ0) is 41.4. The lowest BCUT2D eigenvalue weighted by Crippen LogP contribution is -2.60. The van der Waals surface area contributed by atoms with Gasteiger partial charge in [0.05, 0.1) is 48.7 Å². The number of amides is 4. The van der Waals surface area contributed by atoms with Gasteiger partial charge in [-0.25, -0.2) is 9.97 Å². The third kappa shape index (κ3) is 10.2. The maximum absolute atomic E-state index is 14.4. The molecular weight excluding hydrogens is 723 g/mol. The smallest absolute Gasteiger partial charge is 0.245 e. The molecule has 2 saturated heterocycles. The van der Waals surface area contributed by atoms with E-state index in [4.69, 9.17) is 9.47 Å². The Kier molecular flexibility index (Phi) is 15.6. The van der Waals surface area contributed by atoms with Crippen molar-refractivity contribution in [1.29, 1.82) is 0 Å². The van der Waals surface area contributed by atoms with E-state index in [9.17, 15) is 19.2 Å². The molecule has 2 aliphatic heterocycles. The number of ether oxygens (including phenoxy) is 2. The average molecular weight is 790 g/mol. The number of nitrogens with zero attached hydrogens (tertiary/aromatic N) is 5. The Labute approximate surface area is 340 Å². The zero-order valence-corrected chi connectivity index (χ0v) is 35.6. The molecular formula is C44H67N7O6. The summed E-state index contributed by atoms with van der Waals surface area (Å²) in [6.45, 7) is 10.4. The van der Waals surface area contributed by atoms with Gasteiger partial charge in [0, 0.05) is 46.2 Å². The SMILES string of the molecule is CC[C@H](C)[C@@H]([C@@H](CC(=O)N1CCC[C@H]1[C@H](OC)[C@@H](C)C(=O)N[C@H](Cc1ccccc1)c1ncccn1)OC)N(C)C(=O)[C@@H](NC(=O)[C@@H]1[C@H]2CC[C@H](C2)N1C)C(C)C. The Morgan fingerprint density at radius 3 is 2.25 bits per heavy atom. The van der Waals surface area contributed by atoms with E-state index in [1.165, 1.54) is 0 Å². The van der Waals surface area contributed by atoms with Gasteiger partial charge in [-0.05, 0) is 75.0 Å². The van der Waals surface area contributed by atoms with Crippen LogP contribution in [0, 0.1) is 23.7 Å². The van der Waals surface area contributed by atoms with Crippen LogP contribution < -0.4 is 10.6 Å². The Morgan fingerprint density at radius 2 is 1.65 bits per heavy atom. The molecule has 0 unspecified atom stereocenters. The van der Waals surface area contributed by atoms with Crippen LogP contribution in [-0.2, 0) is 35.1 Å². The fraction of sp³-hybridized carbons (Fsp3) is 0.682. The second-order valence-corrected chi connectivity index (χ2v) is 17.0. The van der Waals surface area contributed by atoms with E-state index in [2.05, 4.69) is 39.3 Å². The average Bonchev–Trinajstić information content (AvgIpc) is 3.97. The van der Waals surface area contributed by atoms with Gasteiger partial charge < -0.3 is 29.9 Å². The Morgan fingerprint density at radius 1 is 0.947 bits per heavy atom. The van der Waals surface area contributed by atoms with Gasteiger partial charge in [0.2, 0.25) is 23.6 Å². The first-order valence-corrected chi connectivity index (χ1v) is 21.1. The molecule has 4 amide bonds. The highest BCUT2D eigenvalue weighted by Crippen LogP contribution is 2.41. The van der Waals surface area contributed by atoms with E-state index < -0.39 is 36.3 Å². The number of nitrogens with one attached hydrogen (secondary N) is 2. The minimum Gasteiger partial charge on any atom is -0.379 e. The van der Waals surface area contributed by atoms with Crippen molar-refractivity contribution in [2.75, 3.05) is 34.9 Å². The number of benzene rings is 1. The zero-order valence-electron chi connectivity index (χ0n) is 35.6. The molecule has 13 nitrogen and oxygen atoms in total. The minimum atomic E-state index is -0.714. The molecule has 1 aliphatic carbocycles. The highest BCUT2D eigenvalue weighted by Gasteiger charge is 2.49. The molecule has 2 N–H and O–H groups in total. The summed E-state index contributed by atoms with van der Waals surface area (Å²) in [5.74, 6) is -0.477. The highest BCUT2D eigenvalue weighted by molar-refractivity contribution is 5.90. The summed E-state index contributed by atoms with van der Waals surface area (Å²) in [6, 6.07) is 9.94. The first-order chi connectivity index (χ1) is 27.3. The predicted molar refractivity (Wildman–Crippen MR) is 219 cm³/mol. The monoisotopic (exact) mass is 790 g/mol. The predicted octanol–water partition coefficient (Wildman–Crippen LogP) is 4.42. The standard InChI is InChI=1S/C44H67N7O6/c1-10-28(4)38(50(7)44(55)37(27(2)3)48-43(54)39-31-19-20-32(25-31)49(39)6)35(56-8)26-36(52)51-23-14-18-34(51)40(57-9)29(5)42(53)47-33(41-45-21-15-22-46-41)24-30-16-12-11-13-17-30/h11-13,15-17,21-22,27-29,31-35,37-40H,10,14,18-20,23-26H2,1-9H3,(H,47,53)(H,48,54)/t28-,29+,31-,32+,33+,34-,35+,37-,38-,39-,40+/m0/s1. The molecule has 1 saturated carbocycles. The quantitative estimate of drug-likeness (QED) is 0.211. The molecule has 3 aliphatic rings. The van der Waals surface area contributed by atoms with E-state index in [1.54, 1.807) is 44.6 Å². The van der Waals surface area contributed by atoms with Gasteiger partial charge in [-0.15, -0.1) is 0 Å². The van der Waals surface area contributed by atoms with Gasteiger partial charge in [-0.3, -0.25) is 24.1 Å². The molecule has 3 fully saturated rings. The lowest BCUT2D eigenvalue weighted by molar-refractivity contribution is -0.148. The number of carbonyl (C=O) groups excluding carboxylic acids is 4. The maximum atomic E-state index is 14.4. The topological polar surface area (TPSA) is 146 Å². The molecule has 2 aromatic rings. The molecule has 0 radical (unpaired) electrons. The molecule has 5 rings (SSSR count). The van der Waals surface area contributed by atoms with Crippen molar-refractivity contribution in [3.8, 4) is 0 Å². The summed E-state index contributed by atoms with van der Waals surface area (Å²) >= 11 is 0. The van der Waals surface area contributed by atoms with Crippen LogP contribution in [-0.4, -0.2) is 126 Å². The summed E-state index contributed by atoms with van der Waals surface area (Å²) in [5.41, 5.74) is 1.04. The molecule has 314 valence electrons. The number of fused-ring (bicyclic) bond motifs is 2. The van der Waals surface area contributed by atoms with Crippen molar-refractivity contribution >= 4 is 23.6 Å². The summed E-state index contributed by atoms with van der Waals surface area (Å²) in [7, 11) is 6.97. The molecule has 0 spiro atoms. The Balaban J connectivity index is 1.27. The van der Waals surface area contributed by atoms with Crippen LogP contribution in [0.3, 0.4) is 0 Å². The molecule has 13 heteroatoms. The highest BCUT2D eigenvalue weighted by atomic mass is 16.5. The van der Waals surface area contributed by atoms with Crippen LogP contribution in [0.1, 0.15) is 97.0 Å². The van der Waals surface area contributed by atoms with Crippen LogP contribution in [0.25, 0.3) is 0 Å².